The number of hydrogen-bond donors (Lipinski definition) is 1. The number of fused-ring (bicyclic) bond motifs is 1. The number of carbonyl (C=O) groups excluding carboxylic acids is 1. The summed E-state index contributed by atoms with van der Waals surface area (Å²) in [7, 11) is -3.70. The third-order valence-corrected chi connectivity index (χ3v) is 6.51. The van der Waals surface area contributed by atoms with Crippen LogP contribution in [0.1, 0.15) is 31.2 Å². The topological polar surface area (TPSA) is 79.4 Å². The van der Waals surface area contributed by atoms with Crippen LogP contribution in [-0.2, 0) is 21.2 Å². The van der Waals surface area contributed by atoms with Crippen molar-refractivity contribution in [2.45, 2.75) is 37.0 Å². The van der Waals surface area contributed by atoms with Crippen LogP contribution in [0.2, 0.25) is 0 Å². The molecule has 1 N–H and O–H groups in total. The Morgan fingerprint density at radius 3 is 2.73 bits per heavy atom. The summed E-state index contributed by atoms with van der Waals surface area (Å²) in [5.41, 5.74) is 2.37. The predicted molar refractivity (Wildman–Crippen MR) is 99.5 cm³/mol. The number of amides is 1. The average molecular weight is 371 g/mol. The van der Waals surface area contributed by atoms with E-state index in [1.165, 1.54) is 18.5 Å². The van der Waals surface area contributed by atoms with Crippen LogP contribution >= 0.6 is 0 Å². The molecule has 1 amide bonds. The van der Waals surface area contributed by atoms with Crippen LogP contribution in [0.4, 0.5) is 11.4 Å². The Labute approximate surface area is 153 Å². The lowest BCUT2D eigenvalue weighted by molar-refractivity contribution is -0.122. The van der Waals surface area contributed by atoms with Gasteiger partial charge in [-0.1, -0.05) is 18.9 Å². The number of benzene rings is 1. The van der Waals surface area contributed by atoms with Crippen molar-refractivity contribution in [1.82, 2.24) is 4.98 Å². The van der Waals surface area contributed by atoms with E-state index >= 15 is 0 Å². The molecule has 0 unspecified atom stereocenters. The minimum Gasteiger partial charge on any atom is -0.312 e. The second-order valence-electron chi connectivity index (χ2n) is 6.86. The third-order valence-electron chi connectivity index (χ3n) is 5.15. The van der Waals surface area contributed by atoms with Gasteiger partial charge in [-0.3, -0.25) is 14.5 Å². The summed E-state index contributed by atoms with van der Waals surface area (Å²) in [5, 5.41) is 0. The molecule has 6 nitrogen and oxygen atoms in total. The Morgan fingerprint density at radius 2 is 2.00 bits per heavy atom. The lowest BCUT2D eigenvalue weighted by Gasteiger charge is -2.21. The largest absolute Gasteiger partial charge is 0.312 e. The average Bonchev–Trinajstić information content (AvgIpc) is 3.31. The van der Waals surface area contributed by atoms with E-state index in [0.29, 0.717) is 12.2 Å². The Kier molecular flexibility index (Phi) is 4.40. The molecular weight excluding hydrogens is 350 g/mol. The molecule has 136 valence electrons. The summed E-state index contributed by atoms with van der Waals surface area (Å²) in [6.45, 7) is 0.670. The summed E-state index contributed by atoms with van der Waals surface area (Å²) < 4.78 is 27.6. The SMILES string of the molecule is O=C(C1CCCC1)N1CCc2ccc(NS(=O)(=O)c3cccnc3)cc21. The Balaban J connectivity index is 1.59. The molecule has 2 aromatic rings. The van der Waals surface area contributed by atoms with Gasteiger partial charge in [0.2, 0.25) is 5.91 Å². The first kappa shape index (κ1) is 17.0. The van der Waals surface area contributed by atoms with Crippen molar-refractivity contribution in [3.8, 4) is 0 Å². The molecule has 7 heteroatoms. The van der Waals surface area contributed by atoms with Crippen molar-refractivity contribution in [3.63, 3.8) is 0 Å². The fourth-order valence-corrected chi connectivity index (χ4v) is 4.80. The second-order valence-corrected chi connectivity index (χ2v) is 8.54. The van der Waals surface area contributed by atoms with Crippen LogP contribution in [0.25, 0.3) is 0 Å². The molecule has 26 heavy (non-hydrogen) atoms. The molecule has 1 aliphatic heterocycles. The molecule has 4 rings (SSSR count). The number of nitrogens with one attached hydrogen (secondary N) is 1. The van der Waals surface area contributed by atoms with Crippen LogP contribution in [-0.4, -0.2) is 25.9 Å². The Hall–Kier alpha value is -2.41. The van der Waals surface area contributed by atoms with Crippen LogP contribution in [0.5, 0.6) is 0 Å². The maximum Gasteiger partial charge on any atom is 0.263 e. The highest BCUT2D eigenvalue weighted by atomic mass is 32.2. The van der Waals surface area contributed by atoms with Gasteiger partial charge in [-0.2, -0.15) is 0 Å². The number of aromatic nitrogens is 1. The number of carbonyl (C=O) groups is 1. The van der Waals surface area contributed by atoms with E-state index < -0.39 is 10.0 Å². The Bertz CT molecular complexity index is 922. The highest BCUT2D eigenvalue weighted by molar-refractivity contribution is 7.92. The number of sulfonamides is 1. The van der Waals surface area contributed by atoms with E-state index in [1.54, 1.807) is 18.2 Å². The van der Waals surface area contributed by atoms with Gasteiger partial charge in [-0.05, 0) is 49.1 Å². The highest BCUT2D eigenvalue weighted by Gasteiger charge is 2.32. The van der Waals surface area contributed by atoms with Gasteiger partial charge in [0.25, 0.3) is 10.0 Å². The number of rotatable bonds is 4. The highest BCUT2D eigenvalue weighted by Crippen LogP contribution is 2.35. The standard InChI is InChI=1S/C19H21N3O3S/c23-19(15-4-1-2-5-15)22-11-9-14-7-8-16(12-18(14)22)21-26(24,25)17-6-3-10-20-13-17/h3,6-8,10,12-13,15,21H,1-2,4-5,9,11H2. The zero-order chi connectivity index (χ0) is 18.1. The Morgan fingerprint density at radius 1 is 1.19 bits per heavy atom. The predicted octanol–water partition coefficient (Wildman–Crippen LogP) is 2.96. The van der Waals surface area contributed by atoms with Gasteiger partial charge in [-0.25, -0.2) is 8.42 Å². The first-order valence-electron chi connectivity index (χ1n) is 8.92. The zero-order valence-electron chi connectivity index (χ0n) is 14.4. The van der Waals surface area contributed by atoms with Crippen molar-refractivity contribution in [2.24, 2.45) is 5.92 Å². The van der Waals surface area contributed by atoms with Gasteiger partial charge in [0.1, 0.15) is 4.90 Å². The lowest BCUT2D eigenvalue weighted by Crippen LogP contribution is -2.33. The van der Waals surface area contributed by atoms with Gasteiger partial charge in [0.05, 0.1) is 5.69 Å². The zero-order valence-corrected chi connectivity index (χ0v) is 15.2. The number of pyridine rings is 1. The quantitative estimate of drug-likeness (QED) is 0.896. The molecule has 0 spiro atoms. The van der Waals surface area contributed by atoms with Crippen LogP contribution in [0.15, 0.2) is 47.6 Å². The van der Waals surface area contributed by atoms with E-state index in [-0.39, 0.29) is 16.7 Å². The maximum absolute atomic E-state index is 12.8. The number of hydrogen-bond acceptors (Lipinski definition) is 4. The minimum atomic E-state index is -3.70. The molecule has 1 aromatic carbocycles. The van der Waals surface area contributed by atoms with Gasteiger partial charge < -0.3 is 4.90 Å². The van der Waals surface area contributed by atoms with Gasteiger partial charge in [0.15, 0.2) is 0 Å². The molecule has 1 aliphatic carbocycles. The molecule has 1 aromatic heterocycles. The summed E-state index contributed by atoms with van der Waals surface area (Å²) in [5.74, 6) is 0.283. The van der Waals surface area contributed by atoms with Crippen LogP contribution in [0, 0.1) is 5.92 Å². The maximum atomic E-state index is 12.8. The third kappa shape index (κ3) is 3.19. The minimum absolute atomic E-state index is 0.108. The number of nitrogens with zero attached hydrogens (tertiary/aromatic N) is 2. The van der Waals surface area contributed by atoms with Gasteiger partial charge >= 0.3 is 0 Å². The van der Waals surface area contributed by atoms with E-state index in [9.17, 15) is 13.2 Å². The molecule has 1 fully saturated rings. The van der Waals surface area contributed by atoms with Crippen molar-refractivity contribution in [3.05, 3.63) is 48.3 Å². The monoisotopic (exact) mass is 371 g/mol. The van der Waals surface area contributed by atoms with E-state index in [4.69, 9.17) is 0 Å². The molecule has 2 aliphatic rings. The molecule has 0 bridgehead atoms. The van der Waals surface area contributed by atoms with E-state index in [2.05, 4.69) is 9.71 Å². The summed E-state index contributed by atoms with van der Waals surface area (Å²) in [6.07, 6.45) is 7.79. The summed E-state index contributed by atoms with van der Waals surface area (Å²) in [6, 6.07) is 8.50. The first-order valence-corrected chi connectivity index (χ1v) is 10.4. The fourth-order valence-electron chi connectivity index (χ4n) is 3.78. The van der Waals surface area contributed by atoms with Gasteiger partial charge in [0, 0.05) is 30.5 Å². The number of anilines is 2. The summed E-state index contributed by atoms with van der Waals surface area (Å²) in [4.78, 5) is 18.6. The second kappa shape index (κ2) is 6.72. The normalized spacial score (nSPS) is 17.3. The molecule has 2 heterocycles. The fraction of sp³-hybridized carbons (Fsp3) is 0.368. The van der Waals surface area contributed by atoms with Gasteiger partial charge in [-0.15, -0.1) is 0 Å². The van der Waals surface area contributed by atoms with E-state index in [0.717, 1.165) is 43.4 Å². The van der Waals surface area contributed by atoms with E-state index in [1.807, 2.05) is 11.0 Å². The van der Waals surface area contributed by atoms with Crippen molar-refractivity contribution >= 4 is 27.3 Å². The van der Waals surface area contributed by atoms with Crippen molar-refractivity contribution in [2.75, 3.05) is 16.2 Å². The lowest BCUT2D eigenvalue weighted by atomic mass is 10.1. The summed E-state index contributed by atoms with van der Waals surface area (Å²) >= 11 is 0. The first-order chi connectivity index (χ1) is 12.5. The smallest absolute Gasteiger partial charge is 0.263 e. The van der Waals surface area contributed by atoms with Crippen LogP contribution < -0.4 is 9.62 Å². The van der Waals surface area contributed by atoms with Crippen molar-refractivity contribution < 1.29 is 13.2 Å². The molecule has 0 radical (unpaired) electrons. The molecule has 0 atom stereocenters. The molecule has 1 saturated carbocycles. The van der Waals surface area contributed by atoms with Crippen molar-refractivity contribution in [1.29, 1.82) is 0 Å². The van der Waals surface area contributed by atoms with Crippen LogP contribution in [0.3, 0.4) is 0 Å². The molecular formula is C19H21N3O3S. The molecule has 0 saturated heterocycles.